The topological polar surface area (TPSA) is 46.5 Å². The molecule has 2 atom stereocenters. The Morgan fingerprint density at radius 1 is 1.47 bits per heavy atom. The molecular formula is C13H16O3S. The van der Waals surface area contributed by atoms with Crippen LogP contribution in [0.2, 0.25) is 0 Å². The van der Waals surface area contributed by atoms with E-state index in [-0.39, 0.29) is 6.10 Å². The Balaban J connectivity index is 1.97. The van der Waals surface area contributed by atoms with Gasteiger partial charge in [0.05, 0.1) is 17.8 Å². The van der Waals surface area contributed by atoms with Crippen LogP contribution in [0.1, 0.15) is 30.1 Å². The Labute approximate surface area is 105 Å². The van der Waals surface area contributed by atoms with Crippen LogP contribution in [0.5, 0.6) is 0 Å². The lowest BCUT2D eigenvalue weighted by molar-refractivity contribution is 0.0685. The number of ether oxygens (including phenoxy) is 1. The molecule has 0 saturated carbocycles. The van der Waals surface area contributed by atoms with Gasteiger partial charge in [0.2, 0.25) is 0 Å². The van der Waals surface area contributed by atoms with E-state index in [0.717, 1.165) is 23.5 Å². The van der Waals surface area contributed by atoms with Gasteiger partial charge in [0.25, 0.3) is 0 Å². The Kier molecular flexibility index (Phi) is 4.07. The third-order valence-corrected chi connectivity index (χ3v) is 4.07. The molecule has 2 unspecified atom stereocenters. The average Bonchev–Trinajstić information content (AvgIpc) is 2.73. The van der Waals surface area contributed by atoms with Gasteiger partial charge in [0.1, 0.15) is 0 Å². The maximum atomic E-state index is 11.0. The molecule has 1 aromatic carbocycles. The predicted molar refractivity (Wildman–Crippen MR) is 67.7 cm³/mol. The molecule has 1 fully saturated rings. The van der Waals surface area contributed by atoms with Crippen LogP contribution in [0.25, 0.3) is 0 Å². The van der Waals surface area contributed by atoms with E-state index in [1.165, 1.54) is 0 Å². The van der Waals surface area contributed by atoms with E-state index < -0.39 is 5.97 Å². The van der Waals surface area contributed by atoms with Crippen LogP contribution < -0.4 is 0 Å². The molecule has 92 valence electrons. The number of rotatable bonds is 4. The van der Waals surface area contributed by atoms with Gasteiger partial charge >= 0.3 is 5.97 Å². The van der Waals surface area contributed by atoms with Gasteiger partial charge in [-0.1, -0.05) is 12.1 Å². The molecular weight excluding hydrogens is 236 g/mol. The van der Waals surface area contributed by atoms with Gasteiger partial charge in [-0.15, -0.1) is 11.8 Å². The molecule has 0 aliphatic carbocycles. The average molecular weight is 252 g/mol. The number of hydrogen-bond acceptors (Lipinski definition) is 3. The minimum atomic E-state index is -0.867. The maximum absolute atomic E-state index is 11.0. The minimum absolute atomic E-state index is 0.261. The molecule has 0 bridgehead atoms. The van der Waals surface area contributed by atoms with Gasteiger partial charge in [-0.2, -0.15) is 0 Å². The monoisotopic (exact) mass is 252 g/mol. The summed E-state index contributed by atoms with van der Waals surface area (Å²) in [5.41, 5.74) is 0.378. The van der Waals surface area contributed by atoms with Gasteiger partial charge in [-0.05, 0) is 31.9 Å². The molecule has 4 heteroatoms. The first-order valence-electron chi connectivity index (χ1n) is 5.77. The van der Waals surface area contributed by atoms with Crippen LogP contribution in [-0.4, -0.2) is 29.0 Å². The minimum Gasteiger partial charge on any atom is -0.478 e. The number of thioether (sulfide) groups is 1. The lowest BCUT2D eigenvalue weighted by atomic mass is 10.2. The molecule has 2 rings (SSSR count). The number of carboxylic acids is 1. The van der Waals surface area contributed by atoms with Crippen molar-refractivity contribution in [3.63, 3.8) is 0 Å². The molecule has 1 aromatic rings. The van der Waals surface area contributed by atoms with Crippen molar-refractivity contribution in [3.05, 3.63) is 29.8 Å². The van der Waals surface area contributed by atoms with E-state index in [1.807, 2.05) is 12.1 Å². The highest BCUT2D eigenvalue weighted by atomic mass is 32.2. The molecule has 1 saturated heterocycles. The van der Waals surface area contributed by atoms with Crippen molar-refractivity contribution in [2.45, 2.75) is 36.9 Å². The molecule has 0 spiro atoms. The van der Waals surface area contributed by atoms with Crippen LogP contribution in [-0.2, 0) is 4.74 Å². The first kappa shape index (κ1) is 12.5. The van der Waals surface area contributed by atoms with Gasteiger partial charge in [0.15, 0.2) is 0 Å². The zero-order chi connectivity index (χ0) is 12.3. The Morgan fingerprint density at radius 3 is 2.88 bits per heavy atom. The standard InChI is InChI=1S/C13H16O3S/c1-9-6-7-10(16-9)8-17-12-5-3-2-4-11(12)13(14)15/h2-5,9-10H,6-8H2,1H3,(H,14,15). The SMILES string of the molecule is CC1CCC(CSc2ccccc2C(=O)O)O1. The highest BCUT2D eigenvalue weighted by Gasteiger charge is 2.22. The second-order valence-corrected chi connectivity index (χ2v) is 5.32. The second-order valence-electron chi connectivity index (χ2n) is 4.26. The number of benzene rings is 1. The van der Waals surface area contributed by atoms with E-state index in [9.17, 15) is 4.79 Å². The second kappa shape index (κ2) is 5.56. The fraction of sp³-hybridized carbons (Fsp3) is 0.462. The highest BCUT2D eigenvalue weighted by Crippen LogP contribution is 2.28. The Bertz CT molecular complexity index is 405. The van der Waals surface area contributed by atoms with Gasteiger partial charge in [-0.3, -0.25) is 0 Å². The van der Waals surface area contributed by atoms with Crippen molar-refractivity contribution >= 4 is 17.7 Å². The van der Waals surface area contributed by atoms with E-state index in [1.54, 1.807) is 23.9 Å². The van der Waals surface area contributed by atoms with E-state index >= 15 is 0 Å². The van der Waals surface area contributed by atoms with Crippen molar-refractivity contribution < 1.29 is 14.6 Å². The number of hydrogen-bond donors (Lipinski definition) is 1. The Hall–Kier alpha value is -1.00. The summed E-state index contributed by atoms with van der Waals surface area (Å²) in [6.45, 7) is 2.08. The van der Waals surface area contributed by atoms with Gasteiger partial charge in [-0.25, -0.2) is 4.79 Å². The summed E-state index contributed by atoms with van der Waals surface area (Å²) in [6, 6.07) is 7.11. The normalized spacial score (nSPS) is 23.8. The van der Waals surface area contributed by atoms with Crippen LogP contribution in [0.4, 0.5) is 0 Å². The van der Waals surface area contributed by atoms with Crippen molar-refractivity contribution in [3.8, 4) is 0 Å². The molecule has 17 heavy (non-hydrogen) atoms. The molecule has 0 radical (unpaired) electrons. The zero-order valence-corrected chi connectivity index (χ0v) is 10.6. The van der Waals surface area contributed by atoms with Crippen molar-refractivity contribution in [2.75, 3.05) is 5.75 Å². The highest BCUT2D eigenvalue weighted by molar-refractivity contribution is 7.99. The molecule has 3 nitrogen and oxygen atoms in total. The smallest absolute Gasteiger partial charge is 0.336 e. The third kappa shape index (κ3) is 3.23. The van der Waals surface area contributed by atoms with Gasteiger partial charge in [0, 0.05) is 10.6 Å². The maximum Gasteiger partial charge on any atom is 0.336 e. The van der Waals surface area contributed by atoms with Crippen LogP contribution >= 0.6 is 11.8 Å². The molecule has 1 aliphatic heterocycles. The van der Waals surface area contributed by atoms with E-state index in [4.69, 9.17) is 9.84 Å². The summed E-state index contributed by atoms with van der Waals surface area (Å²) in [7, 11) is 0. The summed E-state index contributed by atoms with van der Waals surface area (Å²) in [5.74, 6) is -0.0388. The van der Waals surface area contributed by atoms with Crippen molar-refractivity contribution in [2.24, 2.45) is 0 Å². The third-order valence-electron chi connectivity index (χ3n) is 2.86. The summed E-state index contributed by atoms with van der Waals surface area (Å²) < 4.78 is 5.72. The molecule has 1 heterocycles. The van der Waals surface area contributed by atoms with Gasteiger partial charge < -0.3 is 9.84 Å². The largest absolute Gasteiger partial charge is 0.478 e. The summed E-state index contributed by atoms with van der Waals surface area (Å²) in [6.07, 6.45) is 2.78. The first-order chi connectivity index (χ1) is 8.16. The Morgan fingerprint density at radius 2 is 2.24 bits per heavy atom. The number of aromatic carboxylic acids is 1. The summed E-state index contributed by atoms with van der Waals surface area (Å²) >= 11 is 1.57. The molecule has 1 aliphatic rings. The number of carboxylic acid groups (broad SMARTS) is 1. The van der Waals surface area contributed by atoms with Crippen molar-refractivity contribution in [1.29, 1.82) is 0 Å². The molecule has 1 N–H and O–H groups in total. The van der Waals surface area contributed by atoms with E-state index in [0.29, 0.717) is 11.7 Å². The quantitative estimate of drug-likeness (QED) is 0.837. The lowest BCUT2D eigenvalue weighted by Gasteiger charge is -2.11. The molecule has 0 aromatic heterocycles. The lowest BCUT2D eigenvalue weighted by Crippen LogP contribution is -2.11. The van der Waals surface area contributed by atoms with Crippen molar-refractivity contribution in [1.82, 2.24) is 0 Å². The summed E-state index contributed by atoms with van der Waals surface area (Å²) in [4.78, 5) is 11.8. The number of carbonyl (C=O) groups is 1. The summed E-state index contributed by atoms with van der Waals surface area (Å²) in [5, 5.41) is 9.06. The predicted octanol–water partition coefficient (Wildman–Crippen LogP) is 3.04. The molecule has 0 amide bonds. The zero-order valence-electron chi connectivity index (χ0n) is 9.76. The van der Waals surface area contributed by atoms with E-state index in [2.05, 4.69) is 6.92 Å². The van der Waals surface area contributed by atoms with Crippen LogP contribution in [0.15, 0.2) is 29.2 Å². The first-order valence-corrected chi connectivity index (χ1v) is 6.76. The van der Waals surface area contributed by atoms with Crippen LogP contribution in [0, 0.1) is 0 Å². The fourth-order valence-electron chi connectivity index (χ4n) is 1.96. The van der Waals surface area contributed by atoms with Crippen LogP contribution in [0.3, 0.4) is 0 Å². The fourth-order valence-corrected chi connectivity index (χ4v) is 3.06.